The summed E-state index contributed by atoms with van der Waals surface area (Å²) in [6.07, 6.45) is 3.37. The number of amides is 1. The second kappa shape index (κ2) is 8.83. The monoisotopic (exact) mass is 376 g/mol. The van der Waals surface area contributed by atoms with E-state index >= 15 is 0 Å². The van der Waals surface area contributed by atoms with Crippen LogP contribution in [0.15, 0.2) is 66.0 Å². The molecule has 6 nitrogen and oxygen atoms in total. The Bertz CT molecular complexity index is 987. The molecule has 0 spiro atoms. The van der Waals surface area contributed by atoms with Crippen LogP contribution in [0.1, 0.15) is 5.56 Å². The van der Waals surface area contributed by atoms with Crippen molar-refractivity contribution in [1.29, 1.82) is 5.26 Å². The standard InChI is InChI=1S/C20H16N4O2S/c1-26-18-5-3-2-4-17(18)23-19(25)13-27-20-15(12-21)6-7-16(24-20)14-8-10-22-11-9-14/h2-11H,13H2,1H3,(H,23,25). The minimum atomic E-state index is -0.204. The van der Waals surface area contributed by atoms with Crippen LogP contribution in [0.5, 0.6) is 5.75 Å². The van der Waals surface area contributed by atoms with Crippen molar-refractivity contribution in [3.05, 3.63) is 66.5 Å². The van der Waals surface area contributed by atoms with Crippen molar-refractivity contribution in [1.82, 2.24) is 9.97 Å². The Kier molecular flexibility index (Phi) is 6.02. The third-order valence-electron chi connectivity index (χ3n) is 3.68. The van der Waals surface area contributed by atoms with Crippen LogP contribution >= 0.6 is 11.8 Å². The SMILES string of the molecule is COc1ccccc1NC(=O)CSc1nc(-c2ccncc2)ccc1C#N. The van der Waals surface area contributed by atoms with E-state index in [1.807, 2.05) is 24.3 Å². The van der Waals surface area contributed by atoms with Gasteiger partial charge in [0.15, 0.2) is 0 Å². The van der Waals surface area contributed by atoms with Crippen molar-refractivity contribution in [3.8, 4) is 23.1 Å². The quantitative estimate of drug-likeness (QED) is 0.659. The summed E-state index contributed by atoms with van der Waals surface area (Å²) in [7, 11) is 1.55. The van der Waals surface area contributed by atoms with Gasteiger partial charge < -0.3 is 10.1 Å². The van der Waals surface area contributed by atoms with E-state index in [1.165, 1.54) is 11.8 Å². The third kappa shape index (κ3) is 4.63. The maximum atomic E-state index is 12.3. The Balaban J connectivity index is 1.73. The molecule has 0 aliphatic carbocycles. The molecule has 1 amide bonds. The van der Waals surface area contributed by atoms with Crippen LogP contribution in [0.3, 0.4) is 0 Å². The number of rotatable bonds is 6. The Morgan fingerprint density at radius 2 is 1.96 bits per heavy atom. The van der Waals surface area contributed by atoms with Crippen molar-refractivity contribution in [2.75, 3.05) is 18.2 Å². The summed E-state index contributed by atoms with van der Waals surface area (Å²) in [5.41, 5.74) is 2.66. The molecular formula is C20H16N4O2S. The van der Waals surface area contributed by atoms with Gasteiger partial charge in [0.25, 0.3) is 0 Å². The number of carbonyl (C=O) groups excluding carboxylic acids is 1. The lowest BCUT2D eigenvalue weighted by Gasteiger charge is -2.10. The maximum Gasteiger partial charge on any atom is 0.234 e. The normalized spacial score (nSPS) is 10.1. The summed E-state index contributed by atoms with van der Waals surface area (Å²) in [6, 6.07) is 16.5. The Hall–Kier alpha value is -3.37. The Labute approximate surface area is 161 Å². The van der Waals surface area contributed by atoms with Gasteiger partial charge in [-0.25, -0.2) is 4.98 Å². The van der Waals surface area contributed by atoms with Crippen molar-refractivity contribution in [3.63, 3.8) is 0 Å². The number of aromatic nitrogens is 2. The molecule has 0 bridgehead atoms. The van der Waals surface area contributed by atoms with Gasteiger partial charge in [0, 0.05) is 18.0 Å². The van der Waals surface area contributed by atoms with E-state index in [-0.39, 0.29) is 11.7 Å². The summed E-state index contributed by atoms with van der Waals surface area (Å²) in [4.78, 5) is 20.8. The molecule has 2 aromatic heterocycles. The molecule has 3 aromatic rings. The number of methoxy groups -OCH3 is 1. The van der Waals surface area contributed by atoms with Gasteiger partial charge in [0.2, 0.25) is 5.91 Å². The molecule has 0 saturated carbocycles. The summed E-state index contributed by atoms with van der Waals surface area (Å²) in [6.45, 7) is 0. The van der Waals surface area contributed by atoms with Crippen LogP contribution in [0.4, 0.5) is 5.69 Å². The minimum absolute atomic E-state index is 0.125. The zero-order chi connectivity index (χ0) is 19.1. The number of ether oxygens (including phenoxy) is 1. The highest BCUT2D eigenvalue weighted by molar-refractivity contribution is 8.00. The average Bonchev–Trinajstić information content (AvgIpc) is 2.73. The molecule has 0 fully saturated rings. The Morgan fingerprint density at radius 3 is 2.70 bits per heavy atom. The topological polar surface area (TPSA) is 87.9 Å². The van der Waals surface area contributed by atoms with Crippen LogP contribution in [0, 0.1) is 11.3 Å². The highest BCUT2D eigenvalue weighted by atomic mass is 32.2. The lowest BCUT2D eigenvalue weighted by molar-refractivity contribution is -0.113. The van der Waals surface area contributed by atoms with Gasteiger partial charge >= 0.3 is 0 Å². The van der Waals surface area contributed by atoms with Crippen LogP contribution in [0.2, 0.25) is 0 Å². The van der Waals surface area contributed by atoms with Gasteiger partial charge in [-0.3, -0.25) is 9.78 Å². The predicted molar refractivity (Wildman–Crippen MR) is 105 cm³/mol. The number of nitriles is 1. The maximum absolute atomic E-state index is 12.3. The molecule has 0 unspecified atom stereocenters. The van der Waals surface area contributed by atoms with Crippen molar-refractivity contribution in [2.45, 2.75) is 5.03 Å². The number of carbonyl (C=O) groups is 1. The second-order valence-electron chi connectivity index (χ2n) is 5.43. The lowest BCUT2D eigenvalue weighted by atomic mass is 10.1. The van der Waals surface area contributed by atoms with E-state index in [4.69, 9.17) is 4.74 Å². The molecular weight excluding hydrogens is 360 g/mol. The summed E-state index contributed by atoms with van der Waals surface area (Å²) in [5, 5.41) is 12.6. The van der Waals surface area contributed by atoms with Crippen molar-refractivity contribution < 1.29 is 9.53 Å². The molecule has 2 heterocycles. The zero-order valence-corrected chi connectivity index (χ0v) is 15.4. The third-order valence-corrected chi connectivity index (χ3v) is 4.67. The van der Waals surface area contributed by atoms with Crippen LogP contribution in [-0.2, 0) is 4.79 Å². The number of benzene rings is 1. The van der Waals surface area contributed by atoms with Crippen molar-refractivity contribution >= 4 is 23.4 Å². The van der Waals surface area contributed by atoms with E-state index in [9.17, 15) is 10.1 Å². The highest BCUT2D eigenvalue weighted by Crippen LogP contribution is 2.26. The van der Waals surface area contributed by atoms with Gasteiger partial charge in [0.05, 0.1) is 29.8 Å². The smallest absolute Gasteiger partial charge is 0.234 e. The summed E-state index contributed by atoms with van der Waals surface area (Å²) >= 11 is 1.22. The summed E-state index contributed by atoms with van der Waals surface area (Å²) in [5.74, 6) is 0.510. The van der Waals surface area contributed by atoms with Gasteiger partial charge in [-0.05, 0) is 36.4 Å². The van der Waals surface area contributed by atoms with E-state index < -0.39 is 0 Å². The first-order valence-electron chi connectivity index (χ1n) is 8.08. The van der Waals surface area contributed by atoms with Gasteiger partial charge in [-0.2, -0.15) is 5.26 Å². The average molecular weight is 376 g/mol. The van der Waals surface area contributed by atoms with Gasteiger partial charge in [0.1, 0.15) is 16.8 Å². The first-order chi connectivity index (χ1) is 13.2. The van der Waals surface area contributed by atoms with Gasteiger partial charge in [-0.15, -0.1) is 0 Å². The number of anilines is 1. The Morgan fingerprint density at radius 1 is 1.19 bits per heavy atom. The zero-order valence-electron chi connectivity index (χ0n) is 14.5. The number of nitrogens with one attached hydrogen (secondary N) is 1. The molecule has 1 N–H and O–H groups in total. The summed E-state index contributed by atoms with van der Waals surface area (Å²) < 4.78 is 5.23. The second-order valence-corrected chi connectivity index (χ2v) is 6.40. The van der Waals surface area contributed by atoms with Crippen molar-refractivity contribution in [2.24, 2.45) is 0 Å². The first kappa shape index (κ1) is 18.4. The van der Waals surface area contributed by atoms with Crippen LogP contribution < -0.4 is 10.1 Å². The van der Waals surface area contributed by atoms with E-state index in [0.29, 0.717) is 22.0 Å². The molecule has 0 aliphatic rings. The number of hydrogen-bond donors (Lipinski definition) is 1. The van der Waals surface area contributed by atoms with E-state index in [0.717, 1.165) is 11.3 Å². The molecule has 0 radical (unpaired) electrons. The number of pyridine rings is 2. The first-order valence-corrected chi connectivity index (χ1v) is 9.07. The van der Waals surface area contributed by atoms with Crippen LogP contribution in [0.25, 0.3) is 11.3 Å². The van der Waals surface area contributed by atoms with Crippen LogP contribution in [-0.4, -0.2) is 28.7 Å². The van der Waals surface area contributed by atoms with Gasteiger partial charge in [-0.1, -0.05) is 23.9 Å². The molecule has 7 heteroatoms. The number of para-hydroxylation sites is 2. The number of hydrogen-bond acceptors (Lipinski definition) is 6. The largest absolute Gasteiger partial charge is 0.495 e. The minimum Gasteiger partial charge on any atom is -0.495 e. The highest BCUT2D eigenvalue weighted by Gasteiger charge is 2.12. The number of nitrogens with zero attached hydrogens (tertiary/aromatic N) is 3. The predicted octanol–water partition coefficient (Wildman–Crippen LogP) is 3.75. The fourth-order valence-electron chi connectivity index (χ4n) is 2.39. The number of thioether (sulfide) groups is 1. The van der Waals surface area contributed by atoms with E-state index in [1.54, 1.807) is 43.8 Å². The molecule has 3 rings (SSSR count). The molecule has 0 aliphatic heterocycles. The molecule has 134 valence electrons. The van der Waals surface area contributed by atoms with E-state index in [2.05, 4.69) is 21.4 Å². The fraction of sp³-hybridized carbons (Fsp3) is 0.100. The lowest BCUT2D eigenvalue weighted by Crippen LogP contribution is -2.15. The molecule has 0 saturated heterocycles. The fourth-order valence-corrected chi connectivity index (χ4v) is 3.16. The molecule has 0 atom stereocenters. The molecule has 1 aromatic carbocycles. The molecule has 27 heavy (non-hydrogen) atoms.